The van der Waals surface area contributed by atoms with Gasteiger partial charge in [-0.05, 0) is 102 Å². The molecule has 0 amide bonds. The molecule has 4 nitrogen and oxygen atoms in total. The van der Waals surface area contributed by atoms with Crippen LogP contribution in [0.2, 0.25) is 0 Å². The van der Waals surface area contributed by atoms with E-state index in [0.29, 0.717) is 28.2 Å². The fourth-order valence-corrected chi connectivity index (χ4v) is 6.02. The zero-order chi connectivity index (χ0) is 24.7. The van der Waals surface area contributed by atoms with Crippen LogP contribution in [-0.4, -0.2) is 21.1 Å². The lowest BCUT2D eigenvalue weighted by Crippen LogP contribution is -2.44. The van der Waals surface area contributed by atoms with Gasteiger partial charge in [0.05, 0.1) is 0 Å². The van der Waals surface area contributed by atoms with Crippen molar-refractivity contribution in [2.75, 3.05) is 0 Å². The topological polar surface area (TPSA) is 77.8 Å². The van der Waals surface area contributed by atoms with Gasteiger partial charge in [0.2, 0.25) is 0 Å². The lowest BCUT2D eigenvalue weighted by molar-refractivity contribution is 0.00253. The van der Waals surface area contributed by atoms with E-state index in [1.807, 2.05) is 39.8 Å². The van der Waals surface area contributed by atoms with E-state index in [1.165, 1.54) is 0 Å². The van der Waals surface area contributed by atoms with Crippen molar-refractivity contribution in [2.45, 2.75) is 59.5 Å². The van der Waals surface area contributed by atoms with E-state index in [1.54, 1.807) is 18.2 Å². The molecule has 176 valence electrons. The van der Waals surface area contributed by atoms with Crippen LogP contribution in [0.3, 0.4) is 0 Å². The Bertz CT molecular complexity index is 1360. The maximum Gasteiger partial charge on any atom is 0.199 e. The molecule has 3 aromatic carbocycles. The fraction of sp³-hybridized carbons (Fsp3) is 0.367. The first-order valence-corrected chi connectivity index (χ1v) is 12.1. The molecule has 3 N–H and O–H groups in total. The summed E-state index contributed by atoms with van der Waals surface area (Å²) in [5.74, 6) is 0.0771. The van der Waals surface area contributed by atoms with E-state index in [0.717, 1.165) is 39.8 Å². The predicted octanol–water partition coefficient (Wildman–Crippen LogP) is 6.38. The first-order chi connectivity index (χ1) is 15.9. The summed E-state index contributed by atoms with van der Waals surface area (Å²) in [6.07, 6.45) is 0.784. The van der Waals surface area contributed by atoms with Crippen LogP contribution in [0.1, 0.15) is 71.8 Å². The molecule has 0 heterocycles. The average molecular weight is 457 g/mol. The Labute approximate surface area is 200 Å². The van der Waals surface area contributed by atoms with Gasteiger partial charge in [0, 0.05) is 22.3 Å². The largest absolute Gasteiger partial charge is 0.507 e. The Kier molecular flexibility index (Phi) is 4.96. The van der Waals surface area contributed by atoms with Crippen LogP contribution in [0, 0.1) is 25.7 Å². The summed E-state index contributed by atoms with van der Waals surface area (Å²) in [5.41, 5.74) is 5.87. The molecule has 34 heavy (non-hydrogen) atoms. The number of phenolic OH excluding ortho intramolecular Hbond substituents is 2. The minimum Gasteiger partial charge on any atom is -0.507 e. The third-order valence-electron chi connectivity index (χ3n) is 7.82. The van der Waals surface area contributed by atoms with Crippen molar-refractivity contribution >= 4 is 5.78 Å². The molecule has 3 aromatic rings. The summed E-state index contributed by atoms with van der Waals surface area (Å²) in [6.45, 7) is 11.9. The Morgan fingerprint density at radius 2 is 1.44 bits per heavy atom. The summed E-state index contributed by atoms with van der Waals surface area (Å²) in [6, 6.07) is 11.2. The summed E-state index contributed by atoms with van der Waals surface area (Å²) < 4.78 is 0. The van der Waals surface area contributed by atoms with Gasteiger partial charge >= 0.3 is 0 Å². The summed E-state index contributed by atoms with van der Waals surface area (Å²) in [4.78, 5) is 13.7. The minimum atomic E-state index is -1.73. The molecular formula is C30H32O4. The van der Waals surface area contributed by atoms with E-state index in [9.17, 15) is 20.1 Å². The van der Waals surface area contributed by atoms with Gasteiger partial charge in [0.1, 0.15) is 11.5 Å². The van der Waals surface area contributed by atoms with Crippen molar-refractivity contribution in [1.82, 2.24) is 0 Å². The average Bonchev–Trinajstić information content (AvgIpc) is 2.74. The Morgan fingerprint density at radius 1 is 0.824 bits per heavy atom. The summed E-state index contributed by atoms with van der Waals surface area (Å²) in [7, 11) is 0. The molecule has 0 bridgehead atoms. The van der Waals surface area contributed by atoms with Crippen LogP contribution in [0.4, 0.5) is 0 Å². The molecule has 2 atom stereocenters. The van der Waals surface area contributed by atoms with Gasteiger partial charge in [-0.25, -0.2) is 0 Å². The van der Waals surface area contributed by atoms with E-state index in [2.05, 4.69) is 19.9 Å². The number of aromatic hydroxyl groups is 2. The molecule has 2 aliphatic carbocycles. The third-order valence-corrected chi connectivity index (χ3v) is 7.82. The van der Waals surface area contributed by atoms with Gasteiger partial charge in [-0.2, -0.15) is 0 Å². The molecule has 0 aromatic heterocycles. The second-order valence-corrected chi connectivity index (χ2v) is 10.8. The van der Waals surface area contributed by atoms with Crippen molar-refractivity contribution < 1.29 is 20.1 Å². The maximum absolute atomic E-state index is 13.7. The van der Waals surface area contributed by atoms with Crippen molar-refractivity contribution in [2.24, 2.45) is 11.8 Å². The van der Waals surface area contributed by atoms with Gasteiger partial charge in [0.15, 0.2) is 11.4 Å². The molecule has 4 heteroatoms. The monoisotopic (exact) mass is 456 g/mol. The number of carbonyl (C=O) groups excluding carboxylic acids is 1. The summed E-state index contributed by atoms with van der Waals surface area (Å²) >= 11 is 0. The number of rotatable bonds is 2. The third kappa shape index (κ3) is 2.98. The normalized spacial score (nSPS) is 20.7. The van der Waals surface area contributed by atoms with Crippen LogP contribution in [0.15, 0.2) is 36.4 Å². The van der Waals surface area contributed by atoms with Gasteiger partial charge in [-0.3, -0.25) is 4.79 Å². The highest BCUT2D eigenvalue weighted by molar-refractivity contribution is 6.13. The zero-order valence-electron chi connectivity index (χ0n) is 20.7. The van der Waals surface area contributed by atoms with Crippen molar-refractivity contribution in [3.63, 3.8) is 0 Å². The molecule has 0 spiro atoms. The van der Waals surface area contributed by atoms with E-state index < -0.39 is 11.4 Å². The molecule has 0 saturated carbocycles. The summed E-state index contributed by atoms with van der Waals surface area (Å²) in [5, 5.41) is 33.9. The van der Waals surface area contributed by atoms with Crippen molar-refractivity contribution in [1.29, 1.82) is 0 Å². The molecule has 0 saturated heterocycles. The number of aliphatic hydroxyl groups is 1. The predicted molar refractivity (Wildman–Crippen MR) is 134 cm³/mol. The van der Waals surface area contributed by atoms with E-state index in [4.69, 9.17) is 0 Å². The van der Waals surface area contributed by atoms with Crippen LogP contribution in [0.5, 0.6) is 11.5 Å². The van der Waals surface area contributed by atoms with Gasteiger partial charge < -0.3 is 15.3 Å². The number of ketones is 1. The SMILES string of the molecule is Cc1cc(O)c2c(c1)C(=O)[C@](O)(C(C)C)c1cc3c(cc1-2)C[C@@H](C(C)C)c1cc(C)cc(O)c1-3. The highest BCUT2D eigenvalue weighted by Crippen LogP contribution is 2.54. The maximum atomic E-state index is 13.7. The molecule has 0 aliphatic heterocycles. The van der Waals surface area contributed by atoms with E-state index >= 15 is 0 Å². The smallest absolute Gasteiger partial charge is 0.199 e. The Morgan fingerprint density at radius 3 is 2.06 bits per heavy atom. The number of fused-ring (bicyclic) bond motifs is 6. The highest BCUT2D eigenvalue weighted by atomic mass is 16.3. The molecule has 0 radical (unpaired) electrons. The fourth-order valence-electron chi connectivity index (χ4n) is 6.02. The number of hydrogen-bond donors (Lipinski definition) is 3. The highest BCUT2D eigenvalue weighted by Gasteiger charge is 2.49. The lowest BCUT2D eigenvalue weighted by atomic mass is 9.66. The van der Waals surface area contributed by atoms with Gasteiger partial charge in [-0.1, -0.05) is 33.8 Å². The minimum absolute atomic E-state index is 0.0467. The van der Waals surface area contributed by atoms with Gasteiger partial charge in [0.25, 0.3) is 0 Å². The first-order valence-electron chi connectivity index (χ1n) is 12.1. The number of Topliss-reactive ketones (excluding diaryl/α,β-unsaturated/α-hetero) is 1. The van der Waals surface area contributed by atoms with Crippen molar-refractivity contribution in [3.8, 4) is 33.8 Å². The van der Waals surface area contributed by atoms with E-state index in [-0.39, 0.29) is 23.3 Å². The number of phenols is 2. The van der Waals surface area contributed by atoms with Gasteiger partial charge in [-0.15, -0.1) is 0 Å². The van der Waals surface area contributed by atoms with Crippen LogP contribution >= 0.6 is 0 Å². The van der Waals surface area contributed by atoms with Crippen LogP contribution in [0.25, 0.3) is 22.3 Å². The zero-order valence-corrected chi connectivity index (χ0v) is 20.7. The lowest BCUT2D eigenvalue weighted by Gasteiger charge is -2.40. The molecule has 2 aliphatic rings. The Balaban J connectivity index is 1.89. The van der Waals surface area contributed by atoms with Crippen molar-refractivity contribution in [3.05, 3.63) is 69.8 Å². The van der Waals surface area contributed by atoms with Crippen LogP contribution < -0.4 is 0 Å². The standard InChI is InChI=1S/C30H32O4/c1-14(2)19-11-18-12-22-24(13-20(18)27-21(19)7-16(5)9-25(27)31)30(34,15(3)4)29(33)23-8-17(6)10-26(32)28(22)23/h7-10,12-15,19,31-32,34H,11H2,1-6H3/t19-,30-/m0/s1. The molecule has 0 fully saturated rings. The molecule has 5 rings (SSSR count). The number of benzene rings is 3. The second-order valence-electron chi connectivity index (χ2n) is 10.8. The Hall–Kier alpha value is -3.11. The molecule has 0 unspecified atom stereocenters. The second kappa shape index (κ2) is 7.44. The number of aryl methyl sites for hydroxylation is 2. The van der Waals surface area contributed by atoms with Crippen LogP contribution in [-0.2, 0) is 12.0 Å². The number of carbonyl (C=O) groups is 1. The number of hydrogen-bond acceptors (Lipinski definition) is 4. The first kappa shape index (κ1) is 22.7. The molecular weight excluding hydrogens is 424 g/mol. The quantitative estimate of drug-likeness (QED) is 0.418.